The van der Waals surface area contributed by atoms with E-state index in [9.17, 15) is 19.2 Å². The second-order valence-electron chi connectivity index (χ2n) is 9.09. The Hall–Kier alpha value is -3.16. The lowest BCUT2D eigenvalue weighted by atomic mass is 9.78. The number of fused-ring (bicyclic) bond motifs is 1. The van der Waals surface area contributed by atoms with Gasteiger partial charge in [0.1, 0.15) is 5.75 Å². The average Bonchev–Trinajstić information content (AvgIpc) is 3.33. The van der Waals surface area contributed by atoms with Gasteiger partial charge in [0.2, 0.25) is 17.7 Å². The van der Waals surface area contributed by atoms with Crippen molar-refractivity contribution in [3.05, 3.63) is 64.7 Å². The van der Waals surface area contributed by atoms with E-state index in [4.69, 9.17) is 27.9 Å². The highest BCUT2D eigenvalue weighted by atomic mass is 35.5. The van der Waals surface area contributed by atoms with Crippen molar-refractivity contribution in [3.63, 3.8) is 0 Å². The number of amides is 3. The SMILES string of the molecule is C[C@@H]1C=CC[C@@H]2C(=O)N(c3cccc(OC(=O)[C@@H]4CC(=O)N(c5cc(Cl)ccc5Cl)C4)c3)C(=O)[C@@H]12. The van der Waals surface area contributed by atoms with Crippen LogP contribution in [0.1, 0.15) is 19.8 Å². The van der Waals surface area contributed by atoms with Crippen LogP contribution in [-0.4, -0.2) is 30.2 Å². The standard InChI is InChI=1S/C26H22Cl2N2O5/c1-14-4-2-7-19-23(14)25(33)30(24(19)32)17-5-3-6-18(12-17)35-26(34)15-10-22(31)29(13-15)21-11-16(27)8-9-20(21)28/h2-6,8-9,11-12,14-15,19,23H,7,10,13H2,1H3/t14-,15-,19+,23+/m1/s1. The number of carbonyl (C=O) groups is 4. The Balaban J connectivity index is 1.31. The Kier molecular flexibility index (Phi) is 6.15. The van der Waals surface area contributed by atoms with E-state index in [1.807, 2.05) is 19.1 Å². The highest BCUT2D eigenvalue weighted by Crippen LogP contribution is 2.41. The van der Waals surface area contributed by atoms with E-state index < -0.39 is 11.9 Å². The molecule has 3 amide bonds. The number of hydrogen-bond donors (Lipinski definition) is 0. The maximum Gasteiger partial charge on any atom is 0.316 e. The van der Waals surface area contributed by atoms with Gasteiger partial charge in [0.15, 0.2) is 0 Å². The highest BCUT2D eigenvalue weighted by molar-refractivity contribution is 6.36. The van der Waals surface area contributed by atoms with E-state index in [2.05, 4.69) is 0 Å². The van der Waals surface area contributed by atoms with Gasteiger partial charge in [0, 0.05) is 24.1 Å². The largest absolute Gasteiger partial charge is 0.426 e. The number of nitrogens with zero attached hydrogens (tertiary/aromatic N) is 2. The second-order valence-corrected chi connectivity index (χ2v) is 9.93. The van der Waals surface area contributed by atoms with E-state index >= 15 is 0 Å². The highest BCUT2D eigenvalue weighted by Gasteiger charge is 2.50. The number of allylic oxidation sites excluding steroid dienone is 2. The summed E-state index contributed by atoms with van der Waals surface area (Å²) in [5.41, 5.74) is 0.805. The normalized spacial score (nSPS) is 25.9. The molecule has 4 atom stereocenters. The zero-order valence-electron chi connectivity index (χ0n) is 18.8. The van der Waals surface area contributed by atoms with Crippen LogP contribution in [0.2, 0.25) is 10.0 Å². The Morgan fingerprint density at radius 1 is 1.06 bits per heavy atom. The first-order valence-corrected chi connectivity index (χ1v) is 12.1. The third kappa shape index (κ3) is 4.23. The monoisotopic (exact) mass is 512 g/mol. The molecule has 0 aromatic heterocycles. The van der Waals surface area contributed by atoms with Gasteiger partial charge in [0.25, 0.3) is 0 Å². The fraction of sp³-hybridized carbons (Fsp3) is 0.308. The Morgan fingerprint density at radius 2 is 1.86 bits per heavy atom. The first kappa shape index (κ1) is 23.6. The number of anilines is 2. The van der Waals surface area contributed by atoms with E-state index in [-0.39, 0.29) is 54.2 Å². The maximum atomic E-state index is 13.1. The molecule has 3 aliphatic rings. The average molecular weight is 513 g/mol. The summed E-state index contributed by atoms with van der Waals surface area (Å²) < 4.78 is 5.56. The van der Waals surface area contributed by atoms with Gasteiger partial charge in [-0.1, -0.05) is 48.3 Å². The van der Waals surface area contributed by atoms with Crippen molar-refractivity contribution in [1.29, 1.82) is 0 Å². The van der Waals surface area contributed by atoms with Crippen molar-refractivity contribution in [3.8, 4) is 5.75 Å². The molecule has 0 unspecified atom stereocenters. The summed E-state index contributed by atoms with van der Waals surface area (Å²) in [6, 6.07) is 11.1. The number of esters is 1. The zero-order chi connectivity index (χ0) is 24.9. The molecule has 2 heterocycles. The van der Waals surface area contributed by atoms with E-state index in [1.165, 1.54) is 15.9 Å². The summed E-state index contributed by atoms with van der Waals surface area (Å²) in [7, 11) is 0. The Labute approximate surface area is 212 Å². The van der Waals surface area contributed by atoms with Gasteiger partial charge < -0.3 is 9.64 Å². The molecular weight excluding hydrogens is 491 g/mol. The molecule has 2 fully saturated rings. The molecule has 2 saturated heterocycles. The molecule has 5 rings (SSSR count). The summed E-state index contributed by atoms with van der Waals surface area (Å²) in [6.07, 6.45) is 4.42. The van der Waals surface area contributed by atoms with Crippen LogP contribution in [0.5, 0.6) is 5.75 Å². The van der Waals surface area contributed by atoms with Crippen molar-refractivity contribution in [1.82, 2.24) is 0 Å². The third-order valence-electron chi connectivity index (χ3n) is 6.82. The quantitative estimate of drug-likeness (QED) is 0.257. The first-order chi connectivity index (χ1) is 16.7. The summed E-state index contributed by atoms with van der Waals surface area (Å²) >= 11 is 12.3. The molecule has 180 valence electrons. The number of ether oxygens (including phenoxy) is 1. The lowest BCUT2D eigenvalue weighted by Gasteiger charge is -2.22. The minimum Gasteiger partial charge on any atom is -0.426 e. The predicted molar refractivity (Wildman–Crippen MR) is 131 cm³/mol. The van der Waals surface area contributed by atoms with Crippen molar-refractivity contribution >= 4 is 58.3 Å². The molecule has 2 aromatic carbocycles. The van der Waals surface area contributed by atoms with E-state index in [0.29, 0.717) is 27.8 Å². The number of carbonyl (C=O) groups excluding carboxylic acids is 4. The van der Waals surface area contributed by atoms with Crippen molar-refractivity contribution in [2.24, 2.45) is 23.7 Å². The Morgan fingerprint density at radius 3 is 2.63 bits per heavy atom. The number of halogens is 2. The summed E-state index contributed by atoms with van der Waals surface area (Å²) in [4.78, 5) is 54.1. The lowest BCUT2D eigenvalue weighted by Crippen LogP contribution is -2.31. The fourth-order valence-corrected chi connectivity index (χ4v) is 5.46. The van der Waals surface area contributed by atoms with Gasteiger partial charge in [-0.15, -0.1) is 0 Å². The topological polar surface area (TPSA) is 84.0 Å². The van der Waals surface area contributed by atoms with Crippen LogP contribution in [-0.2, 0) is 19.2 Å². The smallest absolute Gasteiger partial charge is 0.316 e. The van der Waals surface area contributed by atoms with Gasteiger partial charge >= 0.3 is 5.97 Å². The number of hydrogen-bond acceptors (Lipinski definition) is 5. The molecule has 9 heteroatoms. The molecule has 2 aliphatic heterocycles. The maximum absolute atomic E-state index is 13.1. The fourth-order valence-electron chi connectivity index (χ4n) is 5.08. The number of rotatable bonds is 4. The van der Waals surface area contributed by atoms with Crippen molar-refractivity contribution in [2.75, 3.05) is 16.3 Å². The van der Waals surface area contributed by atoms with Gasteiger partial charge in [-0.05, 0) is 42.7 Å². The molecule has 0 radical (unpaired) electrons. The molecule has 0 spiro atoms. The van der Waals surface area contributed by atoms with Gasteiger partial charge in [-0.3, -0.25) is 19.2 Å². The molecule has 7 nitrogen and oxygen atoms in total. The molecule has 1 aliphatic carbocycles. The van der Waals surface area contributed by atoms with Crippen molar-refractivity contribution < 1.29 is 23.9 Å². The van der Waals surface area contributed by atoms with Crippen LogP contribution in [0.4, 0.5) is 11.4 Å². The second kappa shape index (κ2) is 9.13. The van der Waals surface area contributed by atoms with Crippen LogP contribution in [0, 0.1) is 23.7 Å². The predicted octanol–water partition coefficient (Wildman–Crippen LogP) is 4.65. The zero-order valence-corrected chi connectivity index (χ0v) is 20.3. The summed E-state index contributed by atoms with van der Waals surface area (Å²) in [5, 5.41) is 0.783. The van der Waals surface area contributed by atoms with Crippen LogP contribution < -0.4 is 14.5 Å². The first-order valence-electron chi connectivity index (χ1n) is 11.4. The van der Waals surface area contributed by atoms with Crippen LogP contribution in [0.3, 0.4) is 0 Å². The summed E-state index contributed by atoms with van der Waals surface area (Å²) in [5.74, 6) is -2.61. The molecule has 35 heavy (non-hydrogen) atoms. The van der Waals surface area contributed by atoms with Crippen molar-refractivity contribution in [2.45, 2.75) is 19.8 Å². The lowest BCUT2D eigenvalue weighted by molar-refractivity contribution is -0.139. The minimum absolute atomic E-state index is 0.0212. The minimum atomic E-state index is -0.703. The Bertz CT molecular complexity index is 1280. The van der Waals surface area contributed by atoms with Crippen LogP contribution >= 0.6 is 23.2 Å². The molecule has 2 aromatic rings. The molecule has 0 N–H and O–H groups in total. The van der Waals surface area contributed by atoms with Crippen LogP contribution in [0.15, 0.2) is 54.6 Å². The van der Waals surface area contributed by atoms with E-state index in [0.717, 1.165) is 0 Å². The van der Waals surface area contributed by atoms with E-state index in [1.54, 1.807) is 36.4 Å². The third-order valence-corrected chi connectivity index (χ3v) is 7.38. The van der Waals surface area contributed by atoms with Gasteiger partial charge in [0.05, 0.1) is 34.2 Å². The van der Waals surface area contributed by atoms with Gasteiger partial charge in [-0.2, -0.15) is 0 Å². The number of benzene rings is 2. The molecular formula is C26H22Cl2N2O5. The van der Waals surface area contributed by atoms with Crippen LogP contribution in [0.25, 0.3) is 0 Å². The van der Waals surface area contributed by atoms with Gasteiger partial charge in [-0.25, -0.2) is 4.90 Å². The molecule has 0 saturated carbocycles. The summed E-state index contributed by atoms with van der Waals surface area (Å²) in [6.45, 7) is 2.04. The molecule has 0 bridgehead atoms. The number of imide groups is 1.